The van der Waals surface area contributed by atoms with Gasteiger partial charge in [-0.25, -0.2) is 4.68 Å². The van der Waals surface area contributed by atoms with Crippen molar-refractivity contribution >= 4 is 40.5 Å². The molecule has 0 bridgehead atoms. The van der Waals surface area contributed by atoms with E-state index in [1.165, 1.54) is 21.6 Å². The van der Waals surface area contributed by atoms with E-state index in [9.17, 15) is 14.9 Å². The first kappa shape index (κ1) is 16.9. The number of amides is 1. The van der Waals surface area contributed by atoms with Gasteiger partial charge in [0.15, 0.2) is 5.69 Å². The van der Waals surface area contributed by atoms with Crippen LogP contribution in [0.3, 0.4) is 0 Å². The average Bonchev–Trinajstić information content (AvgIpc) is 3.16. The molecule has 0 radical (unpaired) electrons. The molecule has 0 aliphatic heterocycles. The highest BCUT2D eigenvalue weighted by molar-refractivity contribution is 6.35. The van der Waals surface area contributed by atoms with Gasteiger partial charge >= 0.3 is 5.69 Å². The van der Waals surface area contributed by atoms with Crippen molar-refractivity contribution in [3.8, 4) is 0 Å². The summed E-state index contributed by atoms with van der Waals surface area (Å²) >= 11 is 11.8. The molecule has 25 heavy (non-hydrogen) atoms. The zero-order valence-electron chi connectivity index (χ0n) is 12.5. The van der Waals surface area contributed by atoms with Crippen LogP contribution in [-0.2, 0) is 6.67 Å². The first-order valence-corrected chi connectivity index (χ1v) is 7.64. The maximum atomic E-state index is 12.2. The minimum atomic E-state index is -0.540. The maximum absolute atomic E-state index is 12.2. The summed E-state index contributed by atoms with van der Waals surface area (Å²) in [5.41, 5.74) is 0.487. The second-order valence-corrected chi connectivity index (χ2v) is 5.86. The minimum absolute atomic E-state index is 0.122. The molecule has 11 heteroatoms. The number of anilines is 1. The summed E-state index contributed by atoms with van der Waals surface area (Å²) in [5, 5.41) is 22.0. The number of hydrogen-bond donors (Lipinski definition) is 1. The van der Waals surface area contributed by atoms with Crippen molar-refractivity contribution in [3.05, 3.63) is 68.7 Å². The van der Waals surface area contributed by atoms with Crippen molar-refractivity contribution < 1.29 is 9.72 Å². The van der Waals surface area contributed by atoms with Crippen LogP contribution in [-0.4, -0.2) is 30.4 Å². The highest BCUT2D eigenvalue weighted by Gasteiger charge is 2.12. The van der Waals surface area contributed by atoms with Crippen molar-refractivity contribution in [1.82, 2.24) is 19.6 Å². The van der Waals surface area contributed by atoms with E-state index in [1.54, 1.807) is 24.4 Å². The van der Waals surface area contributed by atoms with Crippen LogP contribution in [0.5, 0.6) is 0 Å². The predicted octanol–water partition coefficient (Wildman–Crippen LogP) is 3.05. The van der Waals surface area contributed by atoms with Crippen LogP contribution in [0, 0.1) is 10.1 Å². The smallest absolute Gasteiger partial charge is 0.307 e. The van der Waals surface area contributed by atoms with Crippen LogP contribution < -0.4 is 5.32 Å². The molecule has 9 nitrogen and oxygen atoms in total. The van der Waals surface area contributed by atoms with E-state index in [0.29, 0.717) is 15.7 Å². The molecule has 0 saturated carbocycles. The summed E-state index contributed by atoms with van der Waals surface area (Å²) in [6.45, 7) is 0.129. The monoisotopic (exact) mass is 380 g/mol. The van der Waals surface area contributed by atoms with E-state index in [1.807, 2.05) is 0 Å². The Morgan fingerprint density at radius 3 is 2.60 bits per heavy atom. The van der Waals surface area contributed by atoms with Crippen LogP contribution in [0.25, 0.3) is 0 Å². The number of carbonyl (C=O) groups is 1. The molecule has 1 aromatic carbocycles. The predicted molar refractivity (Wildman–Crippen MR) is 90.9 cm³/mol. The largest absolute Gasteiger partial charge is 0.320 e. The maximum Gasteiger partial charge on any atom is 0.307 e. The molecule has 2 heterocycles. The second-order valence-electron chi connectivity index (χ2n) is 4.99. The Kier molecular flexibility index (Phi) is 4.68. The number of benzene rings is 1. The molecule has 0 unspecified atom stereocenters. The fourth-order valence-corrected chi connectivity index (χ4v) is 2.58. The van der Waals surface area contributed by atoms with Gasteiger partial charge in [-0.3, -0.25) is 19.6 Å². The van der Waals surface area contributed by atoms with Crippen molar-refractivity contribution in [2.45, 2.75) is 6.67 Å². The van der Waals surface area contributed by atoms with E-state index in [-0.39, 0.29) is 18.1 Å². The molecular formula is C14H10Cl2N6O3. The fraction of sp³-hybridized carbons (Fsp3) is 0.0714. The van der Waals surface area contributed by atoms with E-state index < -0.39 is 10.8 Å². The third kappa shape index (κ3) is 4.14. The summed E-state index contributed by atoms with van der Waals surface area (Å²) in [6.07, 6.45) is 3.97. The lowest BCUT2D eigenvalue weighted by Crippen LogP contribution is -2.15. The Hall–Kier alpha value is -2.91. The lowest BCUT2D eigenvalue weighted by molar-refractivity contribution is -0.385. The molecule has 0 saturated heterocycles. The topological polar surface area (TPSA) is 108 Å². The molecule has 2 aromatic heterocycles. The van der Waals surface area contributed by atoms with Gasteiger partial charge in [0.2, 0.25) is 0 Å². The van der Waals surface area contributed by atoms with Gasteiger partial charge in [-0.1, -0.05) is 23.2 Å². The van der Waals surface area contributed by atoms with Crippen molar-refractivity contribution in [3.63, 3.8) is 0 Å². The number of nitro groups is 1. The lowest BCUT2D eigenvalue weighted by Gasteiger charge is -2.05. The summed E-state index contributed by atoms with van der Waals surface area (Å²) in [5.74, 6) is -0.441. The number of aromatic nitrogens is 4. The first-order chi connectivity index (χ1) is 11.9. The van der Waals surface area contributed by atoms with E-state index >= 15 is 0 Å². The van der Waals surface area contributed by atoms with Crippen LogP contribution in [0.4, 0.5) is 11.4 Å². The summed E-state index contributed by atoms with van der Waals surface area (Å²) < 4.78 is 2.76. The van der Waals surface area contributed by atoms with Crippen molar-refractivity contribution in [2.24, 2.45) is 0 Å². The van der Waals surface area contributed by atoms with Gasteiger partial charge in [-0.15, -0.1) is 0 Å². The second kappa shape index (κ2) is 6.91. The minimum Gasteiger partial charge on any atom is -0.320 e. The number of rotatable bonds is 5. The molecule has 128 valence electrons. The molecule has 3 aromatic rings. The Balaban J connectivity index is 1.69. The Labute approximate surface area is 150 Å². The number of carbonyl (C=O) groups excluding carboxylic acids is 1. The quantitative estimate of drug-likeness (QED) is 0.540. The van der Waals surface area contributed by atoms with E-state index in [4.69, 9.17) is 23.2 Å². The number of hydrogen-bond acceptors (Lipinski definition) is 5. The Morgan fingerprint density at radius 1 is 1.24 bits per heavy atom. The van der Waals surface area contributed by atoms with Crippen LogP contribution in [0.15, 0.2) is 42.9 Å². The summed E-state index contributed by atoms with van der Waals surface area (Å²) in [4.78, 5) is 22.3. The molecular weight excluding hydrogens is 371 g/mol. The van der Waals surface area contributed by atoms with Gasteiger partial charge in [0, 0.05) is 21.9 Å². The van der Waals surface area contributed by atoms with Gasteiger partial charge in [0.1, 0.15) is 19.1 Å². The fourth-order valence-electron chi connectivity index (χ4n) is 2.06. The number of halogens is 2. The summed E-state index contributed by atoms with van der Waals surface area (Å²) in [7, 11) is 0. The van der Waals surface area contributed by atoms with Crippen LogP contribution in [0.1, 0.15) is 10.5 Å². The highest BCUT2D eigenvalue weighted by Crippen LogP contribution is 2.22. The highest BCUT2D eigenvalue weighted by atomic mass is 35.5. The standard InChI is InChI=1S/C14H10Cl2N6O3/c15-9-3-10(16)5-11(4-9)18-14(23)13-1-2-20(19-13)8-21-7-12(6-17-21)22(24)25/h1-7H,8H2,(H,18,23). The normalized spacial score (nSPS) is 10.6. The van der Waals surface area contributed by atoms with Gasteiger partial charge in [0.05, 0.1) is 4.92 Å². The molecule has 0 fully saturated rings. The molecule has 0 spiro atoms. The zero-order valence-corrected chi connectivity index (χ0v) is 14.0. The third-order valence-corrected chi connectivity index (χ3v) is 3.55. The Morgan fingerprint density at radius 2 is 1.96 bits per heavy atom. The van der Waals surface area contributed by atoms with E-state index in [2.05, 4.69) is 15.5 Å². The molecule has 1 amide bonds. The molecule has 3 rings (SSSR count). The lowest BCUT2D eigenvalue weighted by atomic mass is 10.3. The van der Waals surface area contributed by atoms with Crippen molar-refractivity contribution in [1.29, 1.82) is 0 Å². The molecule has 0 atom stereocenters. The van der Waals surface area contributed by atoms with Crippen LogP contribution in [0.2, 0.25) is 10.0 Å². The van der Waals surface area contributed by atoms with Gasteiger partial charge in [-0.2, -0.15) is 10.2 Å². The Bertz CT molecular complexity index is 931. The average molecular weight is 381 g/mol. The van der Waals surface area contributed by atoms with Gasteiger partial charge < -0.3 is 5.32 Å². The number of nitrogens with zero attached hydrogens (tertiary/aromatic N) is 5. The van der Waals surface area contributed by atoms with E-state index in [0.717, 1.165) is 6.20 Å². The summed E-state index contributed by atoms with van der Waals surface area (Å²) in [6, 6.07) is 6.19. The number of nitrogens with one attached hydrogen (secondary N) is 1. The van der Waals surface area contributed by atoms with Gasteiger partial charge in [0.25, 0.3) is 5.91 Å². The molecule has 0 aliphatic carbocycles. The molecule has 0 aliphatic rings. The van der Waals surface area contributed by atoms with Crippen LogP contribution >= 0.6 is 23.2 Å². The third-order valence-electron chi connectivity index (χ3n) is 3.11. The van der Waals surface area contributed by atoms with Gasteiger partial charge in [-0.05, 0) is 24.3 Å². The van der Waals surface area contributed by atoms with Crippen molar-refractivity contribution in [2.75, 3.05) is 5.32 Å². The SMILES string of the molecule is O=C(Nc1cc(Cl)cc(Cl)c1)c1ccn(Cn2cc([N+](=O)[O-])cn2)n1. The zero-order chi connectivity index (χ0) is 18.0. The first-order valence-electron chi connectivity index (χ1n) is 6.88. The molecule has 1 N–H and O–H groups in total.